The number of unbranched alkanes of at least 4 members (excludes halogenated alkanes) is 5. The molecule has 3 heterocycles. The van der Waals surface area contributed by atoms with E-state index in [1.807, 2.05) is 0 Å². The van der Waals surface area contributed by atoms with Gasteiger partial charge in [-0.25, -0.2) is 0 Å². The number of carbonyl (C=O) groups excluding carboxylic acids is 8. The molecule has 3 aliphatic heterocycles. The molecule has 24 nitrogen and oxygen atoms in total. The predicted octanol–water partition coefficient (Wildman–Crippen LogP) is -2.07. The first kappa shape index (κ1) is 62.0. The molecule has 0 aliphatic carbocycles. The van der Waals surface area contributed by atoms with Crippen LogP contribution in [-0.2, 0) is 38.4 Å². The van der Waals surface area contributed by atoms with Gasteiger partial charge in [-0.1, -0.05) is 84.8 Å². The number of aromatic hydroxyl groups is 1. The molecular weight excluding hydrogens is 981 g/mol. The Kier molecular flexibility index (Phi) is 24.1. The van der Waals surface area contributed by atoms with Gasteiger partial charge in [-0.2, -0.15) is 0 Å². The molecule has 3 saturated heterocycles. The van der Waals surface area contributed by atoms with E-state index in [1.165, 1.54) is 37.6 Å². The first-order valence-electron chi connectivity index (χ1n) is 26.3. The van der Waals surface area contributed by atoms with Crippen molar-refractivity contribution in [3.05, 3.63) is 29.8 Å². The van der Waals surface area contributed by atoms with Crippen LogP contribution in [0.3, 0.4) is 0 Å². The van der Waals surface area contributed by atoms with Crippen molar-refractivity contribution in [1.82, 2.24) is 36.4 Å². The summed E-state index contributed by atoms with van der Waals surface area (Å²) in [4.78, 5) is 113. The number of phenolic OH excluding ortho intramolecular Hbond substituents is 1. The summed E-state index contributed by atoms with van der Waals surface area (Å²) in [5.41, 5.74) is 5.50. The number of aliphatic hydroxyl groups is 7. The maximum absolute atomic E-state index is 14.5. The third-order valence-electron chi connectivity index (χ3n) is 14.6. The van der Waals surface area contributed by atoms with Gasteiger partial charge in [0, 0.05) is 44.7 Å². The molecule has 0 radical (unpaired) electrons. The number of hydrogen-bond donors (Lipinski definition) is 14. The highest BCUT2D eigenvalue weighted by Crippen LogP contribution is 2.28. The number of aliphatic hydroxyl groups excluding tert-OH is 7. The number of phenols is 1. The van der Waals surface area contributed by atoms with Crippen molar-refractivity contribution in [1.29, 1.82) is 0 Å². The number of fused-ring (bicyclic) bond motifs is 2. The fraction of sp³-hybridized carbons (Fsp3) is 0.725. The zero-order valence-electron chi connectivity index (χ0n) is 43.7. The Morgan fingerprint density at radius 1 is 0.747 bits per heavy atom. The third kappa shape index (κ3) is 18.1. The fourth-order valence-electron chi connectivity index (χ4n) is 9.96. The third-order valence-corrected chi connectivity index (χ3v) is 14.6. The average molecular weight is 1060 g/mol. The van der Waals surface area contributed by atoms with E-state index >= 15 is 0 Å². The highest BCUT2D eigenvalue weighted by molar-refractivity contribution is 5.98. The summed E-state index contributed by atoms with van der Waals surface area (Å²) in [7, 11) is 0. The maximum Gasteiger partial charge on any atom is 0.248 e. The Balaban J connectivity index is 1.69. The number of nitrogens with one attached hydrogen (secondary N) is 5. The maximum atomic E-state index is 14.5. The van der Waals surface area contributed by atoms with Gasteiger partial charge in [0.1, 0.15) is 48.1 Å². The predicted molar refractivity (Wildman–Crippen MR) is 269 cm³/mol. The van der Waals surface area contributed by atoms with Crippen molar-refractivity contribution >= 4 is 47.3 Å². The molecule has 3 aliphatic rings. The van der Waals surface area contributed by atoms with Crippen molar-refractivity contribution in [2.75, 3.05) is 13.1 Å². The van der Waals surface area contributed by atoms with Crippen LogP contribution in [0.1, 0.15) is 136 Å². The van der Waals surface area contributed by atoms with Crippen molar-refractivity contribution in [2.24, 2.45) is 23.5 Å². The summed E-state index contributed by atoms with van der Waals surface area (Å²) in [5.74, 6) is -8.67. The molecule has 0 saturated carbocycles. The van der Waals surface area contributed by atoms with Crippen LogP contribution in [0.2, 0.25) is 0 Å². The number of primary amides is 1. The summed E-state index contributed by atoms with van der Waals surface area (Å²) in [6.45, 7) is 8.37. The second-order valence-electron chi connectivity index (χ2n) is 21.0. The lowest BCUT2D eigenvalue weighted by Crippen LogP contribution is -2.62. The zero-order chi connectivity index (χ0) is 55.8. The Morgan fingerprint density at radius 3 is 1.99 bits per heavy atom. The molecule has 1 aromatic carbocycles. The van der Waals surface area contributed by atoms with Crippen molar-refractivity contribution in [3.8, 4) is 5.75 Å². The van der Waals surface area contributed by atoms with Gasteiger partial charge in [0.05, 0.1) is 36.9 Å². The van der Waals surface area contributed by atoms with Crippen molar-refractivity contribution < 1.29 is 79.2 Å². The van der Waals surface area contributed by atoms with E-state index < -0.39 is 171 Å². The number of nitrogens with two attached hydrogens (primary N) is 1. The van der Waals surface area contributed by atoms with Gasteiger partial charge < -0.3 is 83.0 Å². The second kappa shape index (κ2) is 29.1. The SMILES string of the molecule is CCC(C)CC(C)CCCCCCCCC(=O)NC1CC(O)C(O)NC(=O)C2C(O)C(C)CN2C(=O)C(C(O)CC(N)=O)NC(=O)C(CC(O)c2ccc(O)cc2)NC(=O)C2CC(O)CN2C(=O)C(C(C)O)NC1=O. The van der Waals surface area contributed by atoms with Crippen LogP contribution >= 0.6 is 0 Å². The molecule has 422 valence electrons. The summed E-state index contributed by atoms with van der Waals surface area (Å²) >= 11 is 0. The minimum atomic E-state index is -2.26. The summed E-state index contributed by atoms with van der Waals surface area (Å²) in [5, 5.41) is 99.7. The molecule has 0 aromatic heterocycles. The molecule has 75 heavy (non-hydrogen) atoms. The van der Waals surface area contributed by atoms with Crippen LogP contribution < -0.4 is 32.3 Å². The topological polar surface area (TPSA) is 391 Å². The van der Waals surface area contributed by atoms with E-state index in [1.54, 1.807) is 0 Å². The minimum absolute atomic E-state index is 0.0621. The molecule has 8 amide bonds. The number of amides is 8. The van der Waals surface area contributed by atoms with Crippen LogP contribution in [-0.4, -0.2) is 184 Å². The van der Waals surface area contributed by atoms with Gasteiger partial charge >= 0.3 is 0 Å². The van der Waals surface area contributed by atoms with Crippen LogP contribution in [0.5, 0.6) is 5.75 Å². The lowest BCUT2D eigenvalue weighted by molar-refractivity contribution is -0.148. The van der Waals surface area contributed by atoms with Gasteiger partial charge in [0.25, 0.3) is 0 Å². The quantitative estimate of drug-likeness (QED) is 0.0624. The van der Waals surface area contributed by atoms with Gasteiger partial charge in [-0.3, -0.25) is 38.4 Å². The molecule has 16 atom stereocenters. The Hall–Kier alpha value is -5.50. The molecular formula is C51H82N8O16. The van der Waals surface area contributed by atoms with Gasteiger partial charge in [0.2, 0.25) is 47.3 Å². The average Bonchev–Trinajstić information content (AvgIpc) is 3.89. The number of hydrogen-bond acceptors (Lipinski definition) is 16. The van der Waals surface area contributed by atoms with Gasteiger partial charge in [0.15, 0.2) is 6.23 Å². The van der Waals surface area contributed by atoms with E-state index in [2.05, 4.69) is 47.4 Å². The van der Waals surface area contributed by atoms with E-state index in [0.717, 1.165) is 55.2 Å². The van der Waals surface area contributed by atoms with Gasteiger partial charge in [-0.15, -0.1) is 0 Å². The number of rotatable bonds is 20. The fourth-order valence-corrected chi connectivity index (χ4v) is 9.96. The first-order valence-corrected chi connectivity index (χ1v) is 26.3. The highest BCUT2D eigenvalue weighted by atomic mass is 16.3. The molecule has 1 aromatic rings. The molecule has 3 fully saturated rings. The molecule has 15 N–H and O–H groups in total. The molecule has 4 rings (SSSR count). The van der Waals surface area contributed by atoms with E-state index in [-0.39, 0.29) is 17.7 Å². The van der Waals surface area contributed by atoms with Crippen molar-refractivity contribution in [2.45, 2.75) is 204 Å². The van der Waals surface area contributed by atoms with Crippen LogP contribution in [0.15, 0.2) is 24.3 Å². The standard InChI is InChI=1S/C51H82N8O16/c1-6-26(2)19-27(3)13-11-9-7-8-10-12-14-40(67)53-33-22-38(65)48(72)57-49(73)43-44(68)28(4)24-59(43)51(75)42(37(64)23-39(52)66)56-46(70)34(21-36(63)30-15-17-31(61)18-16-30)54-47(71)35-20-32(62)25-58(35)50(74)41(29(5)60)55-45(33)69/h15-18,26-29,32-38,41-44,48,60-65,68,72H,6-14,19-25H2,1-5H3,(H2,52,66)(H,53,67)(H,54,71)(H,55,69)(H,56,70)(H,57,73). The lowest BCUT2D eigenvalue weighted by atomic mass is 9.91. The van der Waals surface area contributed by atoms with E-state index in [0.29, 0.717) is 24.7 Å². The number of nitrogens with zero attached hydrogens (tertiary/aromatic N) is 2. The lowest BCUT2D eigenvalue weighted by Gasteiger charge is -2.33. The summed E-state index contributed by atoms with van der Waals surface area (Å²) in [6, 6.07) is -6.05. The Morgan fingerprint density at radius 2 is 1.36 bits per heavy atom. The summed E-state index contributed by atoms with van der Waals surface area (Å²) < 4.78 is 0. The normalized spacial score (nSPS) is 29.6. The molecule has 24 heteroatoms. The molecule has 0 bridgehead atoms. The Bertz CT molecular complexity index is 2100. The van der Waals surface area contributed by atoms with Crippen molar-refractivity contribution in [3.63, 3.8) is 0 Å². The first-order chi connectivity index (χ1) is 35.3. The minimum Gasteiger partial charge on any atom is -0.508 e. The smallest absolute Gasteiger partial charge is 0.248 e. The Labute approximate surface area is 437 Å². The molecule has 16 unspecified atom stereocenters. The van der Waals surface area contributed by atoms with Crippen LogP contribution in [0.4, 0.5) is 0 Å². The zero-order valence-corrected chi connectivity index (χ0v) is 43.7. The van der Waals surface area contributed by atoms with Crippen LogP contribution in [0, 0.1) is 17.8 Å². The van der Waals surface area contributed by atoms with Crippen LogP contribution in [0.25, 0.3) is 0 Å². The largest absolute Gasteiger partial charge is 0.508 e. The number of benzene rings is 1. The van der Waals surface area contributed by atoms with E-state index in [4.69, 9.17) is 5.73 Å². The summed E-state index contributed by atoms with van der Waals surface area (Å²) in [6.07, 6.45) is -7.18. The molecule has 0 spiro atoms. The van der Waals surface area contributed by atoms with E-state index in [9.17, 15) is 79.2 Å². The highest BCUT2D eigenvalue weighted by Gasteiger charge is 2.50. The number of carbonyl (C=O) groups is 8. The monoisotopic (exact) mass is 1060 g/mol. The second-order valence-corrected chi connectivity index (χ2v) is 21.0. The van der Waals surface area contributed by atoms with Gasteiger partial charge in [-0.05, 0) is 49.3 Å².